The summed E-state index contributed by atoms with van der Waals surface area (Å²) >= 11 is 7.16. The van der Waals surface area contributed by atoms with E-state index in [9.17, 15) is 9.59 Å². The molecule has 2 aromatic carbocycles. The molecule has 1 N–H and O–H groups in total. The first-order valence-electron chi connectivity index (χ1n) is 7.69. The SMILES string of the molecule is O=C(O)CC1S/C(=N/N=C\c2ccccc2Cl)N(c2ccccc2)C1=O. The Hall–Kier alpha value is -2.64. The summed E-state index contributed by atoms with van der Waals surface area (Å²) in [5.74, 6) is -1.36. The van der Waals surface area contributed by atoms with Crippen molar-refractivity contribution in [1.29, 1.82) is 0 Å². The number of carboxylic acids is 1. The number of hydrogen-bond donors (Lipinski definition) is 1. The van der Waals surface area contributed by atoms with Gasteiger partial charge in [0.15, 0.2) is 5.17 Å². The normalized spacial score (nSPS) is 18.8. The molecule has 1 saturated heterocycles. The van der Waals surface area contributed by atoms with Crippen molar-refractivity contribution in [2.75, 3.05) is 4.90 Å². The zero-order valence-corrected chi connectivity index (χ0v) is 15.0. The highest BCUT2D eigenvalue weighted by Gasteiger charge is 2.40. The Morgan fingerprint density at radius 2 is 1.88 bits per heavy atom. The molecule has 26 heavy (non-hydrogen) atoms. The summed E-state index contributed by atoms with van der Waals surface area (Å²) in [4.78, 5) is 25.0. The smallest absolute Gasteiger partial charge is 0.305 e. The molecule has 1 amide bonds. The molecule has 0 radical (unpaired) electrons. The van der Waals surface area contributed by atoms with Crippen LogP contribution in [-0.4, -0.2) is 33.6 Å². The molecule has 2 aromatic rings. The maximum atomic E-state index is 12.6. The van der Waals surface area contributed by atoms with Crippen LogP contribution in [0, 0.1) is 0 Å². The van der Waals surface area contributed by atoms with Crippen LogP contribution in [0.3, 0.4) is 0 Å². The molecule has 1 atom stereocenters. The van der Waals surface area contributed by atoms with E-state index in [0.29, 0.717) is 21.4 Å². The molecule has 132 valence electrons. The van der Waals surface area contributed by atoms with Crippen LogP contribution >= 0.6 is 23.4 Å². The third kappa shape index (κ3) is 4.12. The van der Waals surface area contributed by atoms with Crippen molar-refractivity contribution in [2.24, 2.45) is 10.2 Å². The van der Waals surface area contributed by atoms with Crippen LogP contribution in [0.1, 0.15) is 12.0 Å². The highest BCUT2D eigenvalue weighted by Crippen LogP contribution is 2.33. The minimum atomic E-state index is -1.04. The molecular formula is C18H14ClN3O3S. The van der Waals surface area contributed by atoms with Gasteiger partial charge in [-0.05, 0) is 18.2 Å². The van der Waals surface area contributed by atoms with E-state index in [1.807, 2.05) is 18.2 Å². The van der Waals surface area contributed by atoms with Crippen LogP contribution in [0.5, 0.6) is 0 Å². The molecule has 0 saturated carbocycles. The van der Waals surface area contributed by atoms with Crippen molar-refractivity contribution in [1.82, 2.24) is 0 Å². The van der Waals surface area contributed by atoms with Crippen LogP contribution in [0.25, 0.3) is 0 Å². The predicted molar refractivity (Wildman–Crippen MR) is 104 cm³/mol. The highest BCUT2D eigenvalue weighted by molar-refractivity contribution is 8.16. The van der Waals surface area contributed by atoms with E-state index in [2.05, 4.69) is 10.2 Å². The molecule has 0 aliphatic carbocycles. The first-order chi connectivity index (χ1) is 12.6. The standard InChI is InChI=1S/C18H14ClN3O3S/c19-14-9-5-4-6-12(14)11-20-21-18-22(13-7-2-1-3-8-13)17(25)15(26-18)10-16(23)24/h1-9,11,15H,10H2,(H,23,24)/b20-11-,21-18+. The molecule has 0 bridgehead atoms. The number of halogens is 1. The van der Waals surface area contributed by atoms with E-state index in [0.717, 1.165) is 11.8 Å². The van der Waals surface area contributed by atoms with E-state index in [-0.39, 0.29) is 12.3 Å². The maximum absolute atomic E-state index is 12.6. The third-order valence-electron chi connectivity index (χ3n) is 3.55. The summed E-state index contributed by atoms with van der Waals surface area (Å²) in [6.07, 6.45) is 1.22. The lowest BCUT2D eigenvalue weighted by molar-refractivity contribution is -0.138. The van der Waals surface area contributed by atoms with E-state index < -0.39 is 11.2 Å². The Morgan fingerprint density at radius 1 is 1.19 bits per heavy atom. The fourth-order valence-corrected chi connectivity index (χ4v) is 3.63. The quantitative estimate of drug-likeness (QED) is 0.627. The van der Waals surface area contributed by atoms with Gasteiger partial charge >= 0.3 is 5.97 Å². The van der Waals surface area contributed by atoms with E-state index in [1.165, 1.54) is 11.1 Å². The molecule has 1 fully saturated rings. The van der Waals surface area contributed by atoms with E-state index in [1.54, 1.807) is 36.4 Å². The van der Waals surface area contributed by atoms with Gasteiger partial charge in [-0.25, -0.2) is 0 Å². The van der Waals surface area contributed by atoms with Gasteiger partial charge in [0.1, 0.15) is 5.25 Å². The summed E-state index contributed by atoms with van der Waals surface area (Å²) < 4.78 is 0. The number of aliphatic carboxylic acids is 1. The number of amides is 1. The minimum absolute atomic E-state index is 0.278. The number of hydrogen-bond acceptors (Lipinski definition) is 5. The van der Waals surface area contributed by atoms with Gasteiger partial charge in [-0.15, -0.1) is 5.10 Å². The zero-order valence-electron chi connectivity index (χ0n) is 13.4. The van der Waals surface area contributed by atoms with Crippen molar-refractivity contribution < 1.29 is 14.7 Å². The average Bonchev–Trinajstić information content (AvgIpc) is 2.92. The molecule has 1 aliphatic heterocycles. The largest absolute Gasteiger partial charge is 0.481 e. The van der Waals surface area contributed by atoms with Crippen molar-refractivity contribution >= 4 is 52.3 Å². The molecule has 8 heteroatoms. The predicted octanol–water partition coefficient (Wildman–Crippen LogP) is 3.65. The monoisotopic (exact) mass is 387 g/mol. The number of benzene rings is 2. The topological polar surface area (TPSA) is 82.3 Å². The summed E-state index contributed by atoms with van der Waals surface area (Å²) in [6, 6.07) is 16.1. The summed E-state index contributed by atoms with van der Waals surface area (Å²) in [7, 11) is 0. The van der Waals surface area contributed by atoms with E-state index >= 15 is 0 Å². The molecule has 3 rings (SSSR count). The van der Waals surface area contributed by atoms with Gasteiger partial charge in [-0.2, -0.15) is 5.10 Å². The first kappa shape index (κ1) is 18.2. The van der Waals surface area contributed by atoms with Crippen molar-refractivity contribution in [3.8, 4) is 0 Å². The number of amidine groups is 1. The summed E-state index contributed by atoms with van der Waals surface area (Å²) in [5.41, 5.74) is 1.31. The lowest BCUT2D eigenvalue weighted by Gasteiger charge is -2.15. The number of thioether (sulfide) groups is 1. The number of nitrogens with zero attached hydrogens (tertiary/aromatic N) is 3. The number of anilines is 1. The highest BCUT2D eigenvalue weighted by atomic mass is 35.5. The zero-order chi connectivity index (χ0) is 18.5. The van der Waals surface area contributed by atoms with E-state index in [4.69, 9.17) is 16.7 Å². The molecule has 0 aromatic heterocycles. The number of rotatable bonds is 5. The van der Waals surface area contributed by atoms with Gasteiger partial charge in [0, 0.05) is 10.6 Å². The fourth-order valence-electron chi connectivity index (χ4n) is 2.36. The Morgan fingerprint density at radius 3 is 2.58 bits per heavy atom. The molecule has 1 aliphatic rings. The van der Waals surface area contributed by atoms with Crippen molar-refractivity contribution in [2.45, 2.75) is 11.7 Å². The van der Waals surface area contributed by atoms with Crippen LogP contribution in [0.4, 0.5) is 5.69 Å². The maximum Gasteiger partial charge on any atom is 0.305 e. The lowest BCUT2D eigenvalue weighted by Crippen LogP contribution is -2.32. The first-order valence-corrected chi connectivity index (χ1v) is 8.95. The number of para-hydroxylation sites is 1. The second-order valence-corrected chi connectivity index (χ2v) is 6.94. The molecule has 6 nitrogen and oxygen atoms in total. The Balaban J connectivity index is 1.90. The Kier molecular flexibility index (Phi) is 5.70. The van der Waals surface area contributed by atoms with Crippen LogP contribution in [-0.2, 0) is 9.59 Å². The second kappa shape index (κ2) is 8.16. The fraction of sp³-hybridized carbons (Fsp3) is 0.111. The van der Waals surface area contributed by atoms with Crippen LogP contribution < -0.4 is 4.90 Å². The number of carboxylic acid groups (broad SMARTS) is 1. The van der Waals surface area contributed by atoms with Gasteiger partial charge in [-0.1, -0.05) is 59.8 Å². The Bertz CT molecular complexity index is 886. The second-order valence-electron chi connectivity index (χ2n) is 5.36. The molecule has 1 heterocycles. The molecule has 1 unspecified atom stereocenters. The van der Waals surface area contributed by atoms with Gasteiger partial charge in [0.2, 0.25) is 5.91 Å². The Labute approximate surface area is 159 Å². The van der Waals surface area contributed by atoms with Gasteiger partial charge in [0.25, 0.3) is 0 Å². The van der Waals surface area contributed by atoms with Gasteiger partial charge < -0.3 is 5.11 Å². The van der Waals surface area contributed by atoms with Crippen molar-refractivity contribution in [3.05, 3.63) is 65.2 Å². The summed E-state index contributed by atoms with van der Waals surface area (Å²) in [6.45, 7) is 0. The third-order valence-corrected chi connectivity index (χ3v) is 5.03. The van der Waals surface area contributed by atoms with Gasteiger partial charge in [-0.3, -0.25) is 14.5 Å². The number of carbonyl (C=O) groups excluding carboxylic acids is 1. The number of carbonyl (C=O) groups is 2. The summed E-state index contributed by atoms with van der Waals surface area (Å²) in [5, 5.41) is 17.3. The molecule has 0 spiro atoms. The van der Waals surface area contributed by atoms with Crippen LogP contribution in [0.2, 0.25) is 5.02 Å². The van der Waals surface area contributed by atoms with Crippen LogP contribution in [0.15, 0.2) is 64.8 Å². The lowest BCUT2D eigenvalue weighted by atomic mass is 10.2. The van der Waals surface area contributed by atoms with Crippen molar-refractivity contribution in [3.63, 3.8) is 0 Å². The molecular weight excluding hydrogens is 374 g/mol. The minimum Gasteiger partial charge on any atom is -0.481 e. The van der Waals surface area contributed by atoms with Gasteiger partial charge in [0.05, 0.1) is 18.3 Å². The average molecular weight is 388 g/mol.